The molecule has 7 nitrogen and oxygen atoms in total. The van der Waals surface area contributed by atoms with Crippen molar-refractivity contribution in [3.63, 3.8) is 0 Å². The highest BCUT2D eigenvalue weighted by Gasteiger charge is 2.30. The number of hydrogen-bond donors (Lipinski definition) is 4. The van der Waals surface area contributed by atoms with Crippen molar-refractivity contribution in [3.8, 4) is 0 Å². The van der Waals surface area contributed by atoms with Crippen LogP contribution in [-0.2, 0) is 4.79 Å². The molecule has 1 unspecified atom stereocenters. The zero-order chi connectivity index (χ0) is 17.1. The Morgan fingerprint density at radius 1 is 1.21 bits per heavy atom. The standard InChI is InChI=1S/C17H21N3O4/c21-15(20-24)11-6-7-12-13(9-11)18-17(23)14(19-16(12)22)8-10-4-2-1-3-5-10/h6-7,9-10,14,24H,1-5,8H2,(H,18,23)(H,19,22)(H,20,21). The summed E-state index contributed by atoms with van der Waals surface area (Å²) in [6.45, 7) is 0. The van der Waals surface area contributed by atoms with Crippen molar-refractivity contribution in [2.24, 2.45) is 5.92 Å². The first-order valence-electron chi connectivity index (χ1n) is 8.28. The average Bonchev–Trinajstić information content (AvgIpc) is 2.71. The Balaban J connectivity index is 1.79. The predicted octanol–water partition coefficient (Wildman–Crippen LogP) is 1.83. The second-order valence-electron chi connectivity index (χ2n) is 6.46. The highest BCUT2D eigenvalue weighted by atomic mass is 16.5. The lowest BCUT2D eigenvalue weighted by Gasteiger charge is -2.25. The molecule has 0 aromatic heterocycles. The summed E-state index contributed by atoms with van der Waals surface area (Å²) >= 11 is 0. The molecule has 1 heterocycles. The summed E-state index contributed by atoms with van der Waals surface area (Å²) in [5, 5.41) is 14.2. The smallest absolute Gasteiger partial charge is 0.274 e. The van der Waals surface area contributed by atoms with Gasteiger partial charge in [0.1, 0.15) is 6.04 Å². The highest BCUT2D eigenvalue weighted by Crippen LogP contribution is 2.29. The van der Waals surface area contributed by atoms with E-state index in [9.17, 15) is 14.4 Å². The summed E-state index contributed by atoms with van der Waals surface area (Å²) in [6.07, 6.45) is 6.40. The summed E-state index contributed by atoms with van der Waals surface area (Å²) in [6, 6.07) is 3.72. The van der Waals surface area contributed by atoms with Gasteiger partial charge in [-0.15, -0.1) is 0 Å². The molecule has 1 aromatic carbocycles. The molecule has 2 aliphatic rings. The van der Waals surface area contributed by atoms with Gasteiger partial charge in [-0.2, -0.15) is 0 Å². The number of fused-ring (bicyclic) bond motifs is 1. The molecular weight excluding hydrogens is 310 g/mol. The molecule has 0 bridgehead atoms. The topological polar surface area (TPSA) is 108 Å². The quantitative estimate of drug-likeness (QED) is 0.500. The third-order valence-corrected chi connectivity index (χ3v) is 4.80. The number of hydrogen-bond acceptors (Lipinski definition) is 4. The molecule has 1 fully saturated rings. The van der Waals surface area contributed by atoms with Gasteiger partial charge in [0.05, 0.1) is 11.3 Å². The van der Waals surface area contributed by atoms with Gasteiger partial charge in [0, 0.05) is 5.56 Å². The SMILES string of the molecule is O=C(NO)c1ccc2c(c1)NC(=O)C(CC1CCCCC1)NC2=O. The first-order valence-corrected chi connectivity index (χ1v) is 8.28. The molecule has 24 heavy (non-hydrogen) atoms. The molecule has 0 radical (unpaired) electrons. The van der Waals surface area contributed by atoms with Crippen LogP contribution < -0.4 is 16.1 Å². The summed E-state index contributed by atoms with van der Waals surface area (Å²) in [5.74, 6) is -0.850. The first-order chi connectivity index (χ1) is 11.6. The summed E-state index contributed by atoms with van der Waals surface area (Å²) in [4.78, 5) is 36.4. The van der Waals surface area contributed by atoms with Crippen molar-refractivity contribution >= 4 is 23.4 Å². The van der Waals surface area contributed by atoms with E-state index in [1.807, 2.05) is 0 Å². The number of rotatable bonds is 3. The third-order valence-electron chi connectivity index (χ3n) is 4.80. The zero-order valence-electron chi connectivity index (χ0n) is 13.3. The van der Waals surface area contributed by atoms with E-state index >= 15 is 0 Å². The maximum Gasteiger partial charge on any atom is 0.274 e. The first kappa shape index (κ1) is 16.4. The van der Waals surface area contributed by atoms with Crippen LogP contribution in [0.2, 0.25) is 0 Å². The number of hydroxylamine groups is 1. The number of nitrogens with one attached hydrogen (secondary N) is 3. The van der Waals surface area contributed by atoms with Crippen LogP contribution in [-0.4, -0.2) is 29.0 Å². The Bertz CT molecular complexity index is 668. The third kappa shape index (κ3) is 3.41. The number of anilines is 1. The maximum absolute atomic E-state index is 12.5. The van der Waals surface area contributed by atoms with E-state index in [0.717, 1.165) is 12.8 Å². The molecule has 1 aromatic rings. The lowest BCUT2D eigenvalue weighted by Crippen LogP contribution is -2.42. The molecule has 7 heteroatoms. The molecular formula is C17H21N3O4. The fraction of sp³-hybridized carbons (Fsp3) is 0.471. The normalized spacial score (nSPS) is 21.3. The van der Waals surface area contributed by atoms with E-state index in [4.69, 9.17) is 5.21 Å². The van der Waals surface area contributed by atoms with E-state index in [1.54, 1.807) is 0 Å². The number of benzene rings is 1. The van der Waals surface area contributed by atoms with E-state index in [2.05, 4.69) is 10.6 Å². The minimum absolute atomic E-state index is 0.162. The van der Waals surface area contributed by atoms with E-state index < -0.39 is 11.9 Å². The fourth-order valence-electron chi connectivity index (χ4n) is 3.49. The van der Waals surface area contributed by atoms with Crippen LogP contribution in [0.15, 0.2) is 18.2 Å². The maximum atomic E-state index is 12.5. The van der Waals surface area contributed by atoms with Gasteiger partial charge in [0.2, 0.25) is 5.91 Å². The molecule has 3 rings (SSSR count). The molecule has 3 amide bonds. The number of carbonyl (C=O) groups excluding carboxylic acids is 3. The van der Waals surface area contributed by atoms with Crippen molar-refractivity contribution < 1.29 is 19.6 Å². The van der Waals surface area contributed by atoms with Crippen molar-refractivity contribution in [2.45, 2.75) is 44.6 Å². The van der Waals surface area contributed by atoms with Crippen LogP contribution in [0.4, 0.5) is 5.69 Å². The Morgan fingerprint density at radius 2 is 1.96 bits per heavy atom. The largest absolute Gasteiger partial charge is 0.340 e. The molecule has 4 N–H and O–H groups in total. The van der Waals surface area contributed by atoms with Crippen molar-refractivity contribution in [1.29, 1.82) is 0 Å². The predicted molar refractivity (Wildman–Crippen MR) is 86.8 cm³/mol. The molecule has 1 aliphatic heterocycles. The zero-order valence-corrected chi connectivity index (χ0v) is 13.3. The second-order valence-corrected chi connectivity index (χ2v) is 6.46. The van der Waals surface area contributed by atoms with Gasteiger partial charge in [-0.25, -0.2) is 5.48 Å². The fourth-order valence-corrected chi connectivity index (χ4v) is 3.49. The number of carbonyl (C=O) groups is 3. The molecule has 0 spiro atoms. The van der Waals surface area contributed by atoms with Gasteiger partial charge in [-0.1, -0.05) is 32.1 Å². The summed E-state index contributed by atoms with van der Waals surface area (Å²) < 4.78 is 0. The minimum Gasteiger partial charge on any atom is -0.340 e. The van der Waals surface area contributed by atoms with Crippen LogP contribution in [0.3, 0.4) is 0 Å². The van der Waals surface area contributed by atoms with Crippen molar-refractivity contribution in [1.82, 2.24) is 10.8 Å². The number of amides is 3. The van der Waals surface area contributed by atoms with Crippen molar-refractivity contribution in [2.75, 3.05) is 5.32 Å². The van der Waals surface area contributed by atoms with Crippen LogP contribution in [0.1, 0.15) is 59.2 Å². The van der Waals surface area contributed by atoms with Crippen LogP contribution >= 0.6 is 0 Å². The Labute approximate surface area is 139 Å². The van der Waals surface area contributed by atoms with E-state index in [0.29, 0.717) is 17.9 Å². The lowest BCUT2D eigenvalue weighted by atomic mass is 9.84. The highest BCUT2D eigenvalue weighted by molar-refractivity contribution is 6.11. The van der Waals surface area contributed by atoms with Crippen LogP contribution in [0.25, 0.3) is 0 Å². The summed E-state index contributed by atoms with van der Waals surface area (Å²) in [5.41, 5.74) is 2.29. The second kappa shape index (κ2) is 7.00. The van der Waals surface area contributed by atoms with Gasteiger partial charge in [-0.3, -0.25) is 19.6 Å². The van der Waals surface area contributed by atoms with Crippen LogP contribution in [0.5, 0.6) is 0 Å². The van der Waals surface area contributed by atoms with E-state index in [1.165, 1.54) is 42.9 Å². The lowest BCUT2D eigenvalue weighted by molar-refractivity contribution is -0.118. The van der Waals surface area contributed by atoms with Gasteiger partial charge >= 0.3 is 0 Å². The Kier molecular flexibility index (Phi) is 4.80. The summed E-state index contributed by atoms with van der Waals surface area (Å²) in [7, 11) is 0. The molecule has 128 valence electrons. The van der Waals surface area contributed by atoms with Gasteiger partial charge in [0.25, 0.3) is 11.8 Å². The average molecular weight is 331 g/mol. The molecule has 1 atom stereocenters. The van der Waals surface area contributed by atoms with Gasteiger partial charge in [-0.05, 0) is 30.5 Å². The molecule has 0 saturated heterocycles. The Morgan fingerprint density at radius 3 is 2.67 bits per heavy atom. The Hall–Kier alpha value is -2.41. The van der Waals surface area contributed by atoms with Crippen molar-refractivity contribution in [3.05, 3.63) is 29.3 Å². The minimum atomic E-state index is -0.699. The van der Waals surface area contributed by atoms with Gasteiger partial charge < -0.3 is 10.6 Å². The molecule has 1 aliphatic carbocycles. The molecule has 1 saturated carbocycles. The van der Waals surface area contributed by atoms with Gasteiger partial charge in [0.15, 0.2) is 0 Å². The van der Waals surface area contributed by atoms with E-state index in [-0.39, 0.29) is 23.1 Å². The van der Waals surface area contributed by atoms with Crippen LogP contribution in [0, 0.1) is 5.92 Å². The monoisotopic (exact) mass is 331 g/mol.